The Hall–Kier alpha value is -1.35. The summed E-state index contributed by atoms with van der Waals surface area (Å²) in [4.78, 5) is 11.4. The van der Waals surface area contributed by atoms with Crippen LogP contribution in [0.4, 0.5) is 0 Å². The lowest BCUT2D eigenvalue weighted by atomic mass is 10.1. The summed E-state index contributed by atoms with van der Waals surface area (Å²) in [6, 6.07) is 8.29. The average molecular weight is 220 g/mol. The highest BCUT2D eigenvalue weighted by Crippen LogP contribution is 2.06. The van der Waals surface area contributed by atoms with Gasteiger partial charge in [0.1, 0.15) is 0 Å². The number of likely N-dealkylation sites (N-methyl/N-ethyl adjacent to an activating group) is 1. The summed E-state index contributed by atoms with van der Waals surface area (Å²) < 4.78 is 0. The lowest BCUT2D eigenvalue weighted by molar-refractivity contribution is -0.121. The molecule has 0 aromatic heterocycles. The van der Waals surface area contributed by atoms with Crippen LogP contribution < -0.4 is 10.6 Å². The first-order chi connectivity index (χ1) is 7.72. The van der Waals surface area contributed by atoms with E-state index >= 15 is 0 Å². The Balaban J connectivity index is 2.26. The van der Waals surface area contributed by atoms with Gasteiger partial charge in [-0.25, -0.2) is 0 Å². The van der Waals surface area contributed by atoms with E-state index in [4.69, 9.17) is 0 Å². The van der Waals surface area contributed by atoms with Gasteiger partial charge >= 0.3 is 0 Å². The molecule has 3 nitrogen and oxygen atoms in total. The van der Waals surface area contributed by atoms with Crippen LogP contribution in [0.2, 0.25) is 0 Å². The number of nitrogens with one attached hydrogen (secondary N) is 2. The largest absolute Gasteiger partial charge is 0.355 e. The van der Waals surface area contributed by atoms with Crippen molar-refractivity contribution in [3.63, 3.8) is 0 Å². The second-order valence-corrected chi connectivity index (χ2v) is 3.94. The third-order valence-electron chi connectivity index (χ3n) is 2.42. The molecule has 0 unspecified atom stereocenters. The fraction of sp³-hybridized carbons (Fsp3) is 0.462. The van der Waals surface area contributed by atoms with Crippen LogP contribution in [0.3, 0.4) is 0 Å². The van der Waals surface area contributed by atoms with Gasteiger partial charge in [-0.05, 0) is 26.0 Å². The number of carbonyl (C=O) groups excluding carboxylic acids is 1. The van der Waals surface area contributed by atoms with Gasteiger partial charge in [-0.2, -0.15) is 0 Å². The van der Waals surface area contributed by atoms with Crippen LogP contribution in [0.25, 0.3) is 0 Å². The van der Waals surface area contributed by atoms with Crippen LogP contribution >= 0.6 is 0 Å². The number of hydrogen-bond acceptors (Lipinski definition) is 2. The topological polar surface area (TPSA) is 41.1 Å². The summed E-state index contributed by atoms with van der Waals surface area (Å²) in [5, 5.41) is 5.86. The second kappa shape index (κ2) is 7.01. The van der Waals surface area contributed by atoms with Crippen molar-refractivity contribution in [2.45, 2.75) is 19.8 Å². The van der Waals surface area contributed by atoms with Gasteiger partial charge in [0.25, 0.3) is 0 Å². The molecular weight excluding hydrogens is 200 g/mol. The minimum Gasteiger partial charge on any atom is -0.355 e. The lowest BCUT2D eigenvalue weighted by Crippen LogP contribution is -2.30. The smallest absolute Gasteiger partial charge is 0.220 e. The van der Waals surface area contributed by atoms with E-state index in [1.165, 1.54) is 11.1 Å². The molecule has 88 valence electrons. The van der Waals surface area contributed by atoms with Crippen molar-refractivity contribution < 1.29 is 4.79 Å². The zero-order valence-electron chi connectivity index (χ0n) is 10.0. The molecule has 0 radical (unpaired) electrons. The van der Waals surface area contributed by atoms with Crippen molar-refractivity contribution in [3.8, 4) is 0 Å². The Morgan fingerprint density at radius 1 is 1.31 bits per heavy atom. The molecule has 16 heavy (non-hydrogen) atoms. The number of aryl methyl sites for hydroxylation is 2. The number of rotatable bonds is 6. The highest BCUT2D eigenvalue weighted by atomic mass is 16.1. The summed E-state index contributed by atoms with van der Waals surface area (Å²) in [6.07, 6.45) is 1.38. The Labute approximate surface area is 97.2 Å². The van der Waals surface area contributed by atoms with E-state index in [2.05, 4.69) is 35.8 Å². The zero-order valence-corrected chi connectivity index (χ0v) is 10.0. The molecule has 0 aliphatic carbocycles. The molecule has 3 heteroatoms. The number of hydrogen-bond donors (Lipinski definition) is 2. The van der Waals surface area contributed by atoms with Crippen molar-refractivity contribution in [1.82, 2.24) is 10.6 Å². The first-order valence-electron chi connectivity index (χ1n) is 5.69. The summed E-state index contributed by atoms with van der Waals surface area (Å²) in [7, 11) is 1.87. The standard InChI is InChI=1S/C13H20N2O/c1-11-4-3-5-12(10-11)6-7-13(16)15-9-8-14-2/h3-5,10,14H,6-9H2,1-2H3,(H,15,16). The Morgan fingerprint density at radius 2 is 2.12 bits per heavy atom. The third kappa shape index (κ3) is 4.94. The summed E-state index contributed by atoms with van der Waals surface area (Å²) in [5.74, 6) is 0.122. The molecule has 1 rings (SSSR count). The van der Waals surface area contributed by atoms with Gasteiger partial charge in [0.15, 0.2) is 0 Å². The van der Waals surface area contributed by atoms with Crippen LogP contribution in [-0.2, 0) is 11.2 Å². The molecule has 1 aromatic carbocycles. The summed E-state index contributed by atoms with van der Waals surface area (Å²) >= 11 is 0. The Kier molecular flexibility index (Phi) is 5.57. The normalized spacial score (nSPS) is 10.1. The predicted octanol–water partition coefficient (Wildman–Crippen LogP) is 1.26. The van der Waals surface area contributed by atoms with Gasteiger partial charge in [-0.1, -0.05) is 29.8 Å². The maximum atomic E-state index is 11.4. The van der Waals surface area contributed by atoms with E-state index in [1.807, 2.05) is 13.1 Å². The van der Waals surface area contributed by atoms with E-state index in [-0.39, 0.29) is 5.91 Å². The molecule has 1 amide bonds. The molecule has 2 N–H and O–H groups in total. The van der Waals surface area contributed by atoms with Crippen molar-refractivity contribution in [2.24, 2.45) is 0 Å². The fourth-order valence-electron chi connectivity index (χ4n) is 1.54. The Morgan fingerprint density at radius 3 is 2.81 bits per heavy atom. The lowest BCUT2D eigenvalue weighted by Gasteiger charge is -2.05. The van der Waals surface area contributed by atoms with Crippen LogP contribution in [0, 0.1) is 6.92 Å². The van der Waals surface area contributed by atoms with Gasteiger partial charge < -0.3 is 10.6 Å². The van der Waals surface area contributed by atoms with Crippen LogP contribution in [0.1, 0.15) is 17.5 Å². The maximum absolute atomic E-state index is 11.4. The molecule has 0 aliphatic rings. The minimum absolute atomic E-state index is 0.122. The van der Waals surface area contributed by atoms with E-state index < -0.39 is 0 Å². The fourth-order valence-corrected chi connectivity index (χ4v) is 1.54. The highest BCUT2D eigenvalue weighted by molar-refractivity contribution is 5.76. The second-order valence-electron chi connectivity index (χ2n) is 3.94. The molecule has 1 aromatic rings. The van der Waals surface area contributed by atoms with Gasteiger partial charge in [0.05, 0.1) is 0 Å². The number of carbonyl (C=O) groups is 1. The van der Waals surface area contributed by atoms with Crippen molar-refractivity contribution in [1.29, 1.82) is 0 Å². The molecular formula is C13H20N2O. The zero-order chi connectivity index (χ0) is 11.8. The van der Waals surface area contributed by atoms with Gasteiger partial charge in [0.2, 0.25) is 5.91 Å². The summed E-state index contributed by atoms with van der Waals surface area (Å²) in [6.45, 7) is 3.58. The monoisotopic (exact) mass is 220 g/mol. The van der Waals surface area contributed by atoms with Gasteiger partial charge in [-0.15, -0.1) is 0 Å². The predicted molar refractivity (Wildman–Crippen MR) is 66.4 cm³/mol. The third-order valence-corrected chi connectivity index (χ3v) is 2.42. The minimum atomic E-state index is 0.122. The van der Waals surface area contributed by atoms with Crippen LogP contribution in [-0.4, -0.2) is 26.0 Å². The van der Waals surface area contributed by atoms with E-state index in [9.17, 15) is 4.79 Å². The van der Waals surface area contributed by atoms with Crippen LogP contribution in [0.15, 0.2) is 24.3 Å². The number of amides is 1. The van der Waals surface area contributed by atoms with E-state index in [1.54, 1.807) is 0 Å². The molecule has 0 bridgehead atoms. The Bertz CT molecular complexity index is 336. The van der Waals surface area contributed by atoms with Crippen molar-refractivity contribution >= 4 is 5.91 Å². The molecule has 0 saturated heterocycles. The first kappa shape index (κ1) is 12.7. The van der Waals surface area contributed by atoms with E-state index in [0.29, 0.717) is 13.0 Å². The van der Waals surface area contributed by atoms with Gasteiger partial charge in [-0.3, -0.25) is 4.79 Å². The molecule has 0 fully saturated rings. The van der Waals surface area contributed by atoms with Crippen molar-refractivity contribution in [3.05, 3.63) is 35.4 Å². The average Bonchev–Trinajstić information content (AvgIpc) is 2.27. The summed E-state index contributed by atoms with van der Waals surface area (Å²) in [5.41, 5.74) is 2.47. The maximum Gasteiger partial charge on any atom is 0.220 e. The quantitative estimate of drug-likeness (QED) is 0.709. The molecule has 0 aliphatic heterocycles. The van der Waals surface area contributed by atoms with Gasteiger partial charge in [0, 0.05) is 19.5 Å². The highest BCUT2D eigenvalue weighted by Gasteiger charge is 2.01. The van der Waals surface area contributed by atoms with E-state index in [0.717, 1.165) is 13.0 Å². The molecule has 0 heterocycles. The molecule has 0 atom stereocenters. The molecule has 0 spiro atoms. The SMILES string of the molecule is CNCCNC(=O)CCc1cccc(C)c1. The van der Waals surface area contributed by atoms with Crippen LogP contribution in [0.5, 0.6) is 0 Å². The number of benzene rings is 1. The van der Waals surface area contributed by atoms with Crippen molar-refractivity contribution in [2.75, 3.05) is 20.1 Å². The first-order valence-corrected chi connectivity index (χ1v) is 5.69. The molecule has 0 saturated carbocycles.